The van der Waals surface area contributed by atoms with Crippen LogP contribution in [0.5, 0.6) is 5.75 Å². The quantitative estimate of drug-likeness (QED) is 0.553. The Morgan fingerprint density at radius 3 is 2.41 bits per heavy atom. The molecule has 0 heterocycles. The number of hydrogen-bond donors (Lipinski definition) is 2. The van der Waals surface area contributed by atoms with E-state index >= 15 is 0 Å². The highest BCUT2D eigenvalue weighted by Crippen LogP contribution is 2.33. The van der Waals surface area contributed by atoms with Crippen molar-refractivity contribution < 1.29 is 17.9 Å². The highest BCUT2D eigenvalue weighted by Gasteiger charge is 2.20. The lowest BCUT2D eigenvalue weighted by Gasteiger charge is -2.23. The number of hydrogen-bond acceptors (Lipinski definition) is 4. The van der Waals surface area contributed by atoms with E-state index in [2.05, 4.69) is 53.3 Å². The maximum atomic E-state index is 12.2. The van der Waals surface area contributed by atoms with E-state index in [1.54, 1.807) is 0 Å². The first-order chi connectivity index (χ1) is 13.5. The van der Waals surface area contributed by atoms with Crippen LogP contribution in [0.15, 0.2) is 64.5 Å². The van der Waals surface area contributed by atoms with Crippen LogP contribution in [0.25, 0.3) is 0 Å². The van der Waals surface area contributed by atoms with Crippen LogP contribution in [0.3, 0.4) is 0 Å². The second-order valence-corrected chi connectivity index (χ2v) is 10.1. The van der Waals surface area contributed by atoms with E-state index in [-0.39, 0.29) is 29.4 Å². The molecule has 0 aliphatic heterocycles. The summed E-state index contributed by atoms with van der Waals surface area (Å²) in [6, 6.07) is 11.6. The van der Waals surface area contributed by atoms with Gasteiger partial charge in [0.2, 0.25) is 10.0 Å². The van der Waals surface area contributed by atoms with Gasteiger partial charge in [-0.25, -0.2) is 13.1 Å². The van der Waals surface area contributed by atoms with Crippen LogP contribution in [0.4, 0.5) is 5.69 Å². The van der Waals surface area contributed by atoms with Crippen molar-refractivity contribution in [3.63, 3.8) is 0 Å². The molecule has 0 aromatic heterocycles. The molecule has 8 heteroatoms. The van der Waals surface area contributed by atoms with E-state index in [4.69, 9.17) is 4.74 Å². The van der Waals surface area contributed by atoms with Gasteiger partial charge < -0.3 is 10.1 Å². The first-order valence-corrected chi connectivity index (χ1v) is 11.2. The molecule has 1 amide bonds. The number of carbonyl (C=O) groups excluding carboxylic acids is 1. The molecule has 0 aliphatic carbocycles. The summed E-state index contributed by atoms with van der Waals surface area (Å²) in [5, 5.41) is 2.70. The summed E-state index contributed by atoms with van der Waals surface area (Å²) in [4.78, 5) is 12.4. The van der Waals surface area contributed by atoms with Gasteiger partial charge in [-0.15, -0.1) is 6.58 Å². The number of rotatable bonds is 8. The smallest absolute Gasteiger partial charge is 0.262 e. The molecule has 156 valence electrons. The molecule has 2 aromatic carbocycles. The average molecular weight is 481 g/mol. The molecule has 29 heavy (non-hydrogen) atoms. The molecule has 2 rings (SSSR count). The van der Waals surface area contributed by atoms with E-state index in [0.29, 0.717) is 11.4 Å². The number of ether oxygens (including phenoxy) is 1. The van der Waals surface area contributed by atoms with Gasteiger partial charge in [0.25, 0.3) is 5.91 Å². The van der Waals surface area contributed by atoms with Crippen LogP contribution in [0.2, 0.25) is 0 Å². The van der Waals surface area contributed by atoms with Crippen molar-refractivity contribution in [1.82, 2.24) is 4.72 Å². The average Bonchev–Trinajstić information content (AvgIpc) is 2.65. The van der Waals surface area contributed by atoms with Crippen molar-refractivity contribution in [1.29, 1.82) is 0 Å². The number of sulfonamides is 1. The number of halogens is 1. The summed E-state index contributed by atoms with van der Waals surface area (Å²) in [5.74, 6) is 0.304. The van der Waals surface area contributed by atoms with E-state index in [9.17, 15) is 13.2 Å². The second kappa shape index (κ2) is 9.56. The summed E-state index contributed by atoms with van der Waals surface area (Å²) in [5.41, 5.74) is 1.32. The molecule has 0 saturated carbocycles. The minimum atomic E-state index is -3.60. The molecular weight excluding hydrogens is 456 g/mol. The largest absolute Gasteiger partial charge is 0.483 e. The number of anilines is 1. The molecule has 6 nitrogen and oxygen atoms in total. The van der Waals surface area contributed by atoms with Crippen molar-refractivity contribution in [2.24, 2.45) is 0 Å². The van der Waals surface area contributed by atoms with Gasteiger partial charge in [0, 0.05) is 22.3 Å². The van der Waals surface area contributed by atoms with Crippen LogP contribution >= 0.6 is 15.9 Å². The monoisotopic (exact) mass is 480 g/mol. The van der Waals surface area contributed by atoms with E-state index < -0.39 is 10.0 Å². The Hall–Kier alpha value is -2.16. The molecule has 0 atom stereocenters. The van der Waals surface area contributed by atoms with Crippen molar-refractivity contribution in [3.8, 4) is 5.75 Å². The van der Waals surface area contributed by atoms with Gasteiger partial charge in [-0.05, 0) is 47.9 Å². The third kappa shape index (κ3) is 6.69. The fourth-order valence-electron chi connectivity index (χ4n) is 2.52. The van der Waals surface area contributed by atoms with Gasteiger partial charge in [-0.3, -0.25) is 4.79 Å². The standard InChI is InChI=1S/C21H25BrN2O4S/c1-5-12-23-29(26,27)17-9-7-16(8-10-17)24-20(25)14-28-19-11-6-15(22)13-18(19)21(2,3)4/h5-11,13,23H,1,12,14H2,2-4H3,(H,24,25). The lowest BCUT2D eigenvalue weighted by Crippen LogP contribution is -2.24. The van der Waals surface area contributed by atoms with Crippen LogP contribution < -0.4 is 14.8 Å². The Kier molecular flexibility index (Phi) is 7.62. The zero-order valence-corrected chi connectivity index (χ0v) is 19.1. The normalized spacial score (nSPS) is 11.7. The van der Waals surface area contributed by atoms with Gasteiger partial charge in [0.1, 0.15) is 5.75 Å². The third-order valence-electron chi connectivity index (χ3n) is 3.97. The zero-order chi connectivity index (χ0) is 21.7. The summed E-state index contributed by atoms with van der Waals surface area (Å²) in [6.07, 6.45) is 1.46. The maximum absolute atomic E-state index is 12.2. The molecular formula is C21H25BrN2O4S. The van der Waals surface area contributed by atoms with Gasteiger partial charge in [0.15, 0.2) is 6.61 Å². The summed E-state index contributed by atoms with van der Waals surface area (Å²) in [6.45, 7) is 9.67. The SMILES string of the molecule is C=CCNS(=O)(=O)c1ccc(NC(=O)COc2ccc(Br)cc2C(C)(C)C)cc1. The van der Waals surface area contributed by atoms with Crippen molar-refractivity contribution in [3.05, 3.63) is 65.2 Å². The maximum Gasteiger partial charge on any atom is 0.262 e. The molecule has 2 aromatic rings. The first kappa shape index (κ1) is 23.1. The highest BCUT2D eigenvalue weighted by atomic mass is 79.9. The lowest BCUT2D eigenvalue weighted by atomic mass is 9.86. The Balaban J connectivity index is 2.01. The topological polar surface area (TPSA) is 84.5 Å². The Morgan fingerprint density at radius 2 is 1.83 bits per heavy atom. The predicted octanol–water partition coefficient (Wildman–Crippen LogP) is 4.23. The Labute approximate surface area is 180 Å². The fraction of sp³-hybridized carbons (Fsp3) is 0.286. The van der Waals surface area contributed by atoms with Gasteiger partial charge in [0.05, 0.1) is 4.90 Å². The molecule has 0 radical (unpaired) electrons. The van der Waals surface area contributed by atoms with Crippen LogP contribution in [0.1, 0.15) is 26.3 Å². The van der Waals surface area contributed by atoms with Crippen LogP contribution in [0, 0.1) is 0 Å². The lowest BCUT2D eigenvalue weighted by molar-refractivity contribution is -0.118. The second-order valence-electron chi connectivity index (χ2n) is 7.39. The first-order valence-electron chi connectivity index (χ1n) is 8.96. The van der Waals surface area contributed by atoms with Crippen LogP contribution in [-0.2, 0) is 20.2 Å². The van der Waals surface area contributed by atoms with Gasteiger partial charge >= 0.3 is 0 Å². The van der Waals surface area contributed by atoms with Crippen molar-refractivity contribution in [2.75, 3.05) is 18.5 Å². The number of amides is 1. The van der Waals surface area contributed by atoms with Gasteiger partial charge in [-0.2, -0.15) is 0 Å². The van der Waals surface area contributed by atoms with Crippen LogP contribution in [-0.4, -0.2) is 27.5 Å². The summed E-state index contributed by atoms with van der Waals surface area (Å²) < 4.78 is 33.2. The summed E-state index contributed by atoms with van der Waals surface area (Å²) in [7, 11) is -3.60. The third-order valence-corrected chi connectivity index (χ3v) is 5.91. The predicted molar refractivity (Wildman–Crippen MR) is 119 cm³/mol. The minimum absolute atomic E-state index is 0.110. The number of carbonyl (C=O) groups is 1. The van der Waals surface area contributed by atoms with E-state index in [1.807, 2.05) is 18.2 Å². The fourth-order valence-corrected chi connectivity index (χ4v) is 3.88. The van der Waals surface area contributed by atoms with Crippen molar-refractivity contribution >= 4 is 37.5 Å². The van der Waals surface area contributed by atoms with E-state index in [0.717, 1.165) is 10.0 Å². The molecule has 0 bridgehead atoms. The molecule has 2 N–H and O–H groups in total. The molecule has 0 unspecified atom stereocenters. The van der Waals surface area contributed by atoms with Crippen molar-refractivity contribution in [2.45, 2.75) is 31.1 Å². The minimum Gasteiger partial charge on any atom is -0.483 e. The highest BCUT2D eigenvalue weighted by molar-refractivity contribution is 9.10. The van der Waals surface area contributed by atoms with E-state index in [1.165, 1.54) is 30.3 Å². The Morgan fingerprint density at radius 1 is 1.17 bits per heavy atom. The Bertz CT molecular complexity index is 981. The van der Waals surface area contributed by atoms with Gasteiger partial charge in [-0.1, -0.05) is 42.8 Å². The molecule has 0 aliphatic rings. The summed E-state index contributed by atoms with van der Waals surface area (Å²) >= 11 is 3.46. The molecule has 0 saturated heterocycles. The number of nitrogens with one attached hydrogen (secondary N) is 2. The molecule has 0 fully saturated rings. The molecule has 0 spiro atoms. The number of benzene rings is 2. The zero-order valence-electron chi connectivity index (χ0n) is 16.7.